The molecule has 1 fully saturated rings. The summed E-state index contributed by atoms with van der Waals surface area (Å²) in [4.78, 5) is 10.1. The van der Waals surface area contributed by atoms with Gasteiger partial charge in [-0.3, -0.25) is 9.58 Å². The zero-order valence-corrected chi connectivity index (χ0v) is 14.3. The molecule has 0 saturated carbocycles. The van der Waals surface area contributed by atoms with E-state index in [0.29, 0.717) is 18.1 Å². The van der Waals surface area contributed by atoms with E-state index in [-0.39, 0.29) is 5.82 Å². The van der Waals surface area contributed by atoms with Gasteiger partial charge in [0.25, 0.3) is 0 Å². The predicted octanol–water partition coefficient (Wildman–Crippen LogP) is 3.39. The number of nitrogens with zero attached hydrogens (tertiary/aromatic N) is 4. The molecular formula is C18H22FN5. The number of imidazole rings is 1. The average molecular weight is 327 g/mol. The molecule has 0 amide bonds. The van der Waals surface area contributed by atoms with E-state index < -0.39 is 0 Å². The van der Waals surface area contributed by atoms with Crippen LogP contribution in [-0.2, 0) is 13.6 Å². The highest BCUT2D eigenvalue weighted by atomic mass is 19.1. The third-order valence-electron chi connectivity index (χ3n) is 5.13. The molecule has 1 aliphatic heterocycles. The maximum Gasteiger partial charge on any atom is 0.151 e. The number of hydrogen-bond donors (Lipinski definition) is 1. The summed E-state index contributed by atoms with van der Waals surface area (Å²) >= 11 is 0. The molecule has 1 atom stereocenters. The number of rotatable bonds is 3. The lowest BCUT2D eigenvalue weighted by Crippen LogP contribution is -2.24. The van der Waals surface area contributed by atoms with Crippen molar-refractivity contribution in [3.63, 3.8) is 0 Å². The van der Waals surface area contributed by atoms with Crippen molar-refractivity contribution in [3.8, 4) is 0 Å². The Balaban J connectivity index is 1.64. The van der Waals surface area contributed by atoms with Gasteiger partial charge in [-0.1, -0.05) is 6.07 Å². The van der Waals surface area contributed by atoms with Crippen molar-refractivity contribution < 1.29 is 4.39 Å². The van der Waals surface area contributed by atoms with Crippen LogP contribution in [-0.4, -0.2) is 31.2 Å². The number of aromatic amines is 1. The number of halogens is 1. The Hall–Kier alpha value is -2.21. The molecule has 3 aromatic rings. The lowest BCUT2D eigenvalue weighted by Gasteiger charge is -2.24. The van der Waals surface area contributed by atoms with Gasteiger partial charge < -0.3 is 4.98 Å². The van der Waals surface area contributed by atoms with Gasteiger partial charge in [-0.2, -0.15) is 5.10 Å². The van der Waals surface area contributed by atoms with E-state index in [1.807, 2.05) is 17.8 Å². The van der Waals surface area contributed by atoms with E-state index in [2.05, 4.69) is 33.8 Å². The standard InChI is InChI=1S/C18H22FN5/c1-11-17(12(2)23(3)22-11)15-8-5-9-24(15)10-16-20-14-7-4-6-13(19)18(14)21-16/h4,6-7,15H,5,8-10H2,1-3H3,(H,20,21)/t15-/m1/s1. The van der Waals surface area contributed by atoms with Crippen LogP contribution in [0.15, 0.2) is 18.2 Å². The topological polar surface area (TPSA) is 49.7 Å². The summed E-state index contributed by atoms with van der Waals surface area (Å²) in [6.45, 7) is 5.93. The van der Waals surface area contributed by atoms with Crippen LogP contribution >= 0.6 is 0 Å². The van der Waals surface area contributed by atoms with Gasteiger partial charge in [-0.15, -0.1) is 0 Å². The van der Waals surface area contributed by atoms with Crippen molar-refractivity contribution in [2.24, 2.45) is 7.05 Å². The molecule has 3 heterocycles. The fraction of sp³-hybridized carbons (Fsp3) is 0.444. The first-order chi connectivity index (χ1) is 11.5. The molecule has 6 heteroatoms. The number of nitrogens with one attached hydrogen (secondary N) is 1. The molecule has 1 saturated heterocycles. The summed E-state index contributed by atoms with van der Waals surface area (Å²) < 4.78 is 15.8. The van der Waals surface area contributed by atoms with Crippen LogP contribution < -0.4 is 0 Å². The van der Waals surface area contributed by atoms with Gasteiger partial charge in [0.05, 0.1) is 17.8 Å². The van der Waals surface area contributed by atoms with Crippen LogP contribution in [0, 0.1) is 19.7 Å². The van der Waals surface area contributed by atoms with E-state index in [0.717, 1.165) is 36.4 Å². The molecule has 4 rings (SSSR count). The maximum absolute atomic E-state index is 13.9. The summed E-state index contributed by atoms with van der Waals surface area (Å²) in [5, 5.41) is 4.56. The molecule has 1 N–H and O–H groups in total. The molecule has 1 aromatic carbocycles. The van der Waals surface area contributed by atoms with E-state index in [1.54, 1.807) is 6.07 Å². The normalized spacial score (nSPS) is 18.8. The third kappa shape index (κ3) is 2.41. The predicted molar refractivity (Wildman–Crippen MR) is 91.1 cm³/mol. The largest absolute Gasteiger partial charge is 0.341 e. The van der Waals surface area contributed by atoms with Crippen LogP contribution in [0.3, 0.4) is 0 Å². The van der Waals surface area contributed by atoms with Gasteiger partial charge in [0.15, 0.2) is 5.82 Å². The van der Waals surface area contributed by atoms with Crippen molar-refractivity contribution in [2.45, 2.75) is 39.3 Å². The summed E-state index contributed by atoms with van der Waals surface area (Å²) in [6, 6.07) is 5.39. The van der Waals surface area contributed by atoms with Crippen molar-refractivity contribution >= 4 is 11.0 Å². The lowest BCUT2D eigenvalue weighted by molar-refractivity contribution is 0.242. The number of hydrogen-bond acceptors (Lipinski definition) is 3. The van der Waals surface area contributed by atoms with Crippen LogP contribution in [0.2, 0.25) is 0 Å². The molecule has 24 heavy (non-hydrogen) atoms. The van der Waals surface area contributed by atoms with Gasteiger partial charge in [0.1, 0.15) is 11.3 Å². The van der Waals surface area contributed by atoms with Crippen LogP contribution in [0.25, 0.3) is 11.0 Å². The molecular weight excluding hydrogens is 305 g/mol. The maximum atomic E-state index is 13.9. The minimum absolute atomic E-state index is 0.271. The number of para-hydroxylation sites is 1. The molecule has 2 aromatic heterocycles. The van der Waals surface area contributed by atoms with Crippen LogP contribution in [0.5, 0.6) is 0 Å². The SMILES string of the molecule is Cc1nn(C)c(C)c1[C@H]1CCCN1Cc1nc2c(F)cccc2[nH]1. The molecule has 0 spiro atoms. The highest BCUT2D eigenvalue weighted by Gasteiger charge is 2.30. The van der Waals surface area contributed by atoms with Gasteiger partial charge in [-0.25, -0.2) is 9.37 Å². The van der Waals surface area contributed by atoms with E-state index in [9.17, 15) is 4.39 Å². The molecule has 5 nitrogen and oxygen atoms in total. The van der Waals surface area contributed by atoms with Gasteiger partial charge in [0, 0.05) is 24.3 Å². The average Bonchev–Trinajstić information content (AvgIpc) is 3.20. The Morgan fingerprint density at radius 3 is 2.88 bits per heavy atom. The number of likely N-dealkylation sites (tertiary alicyclic amines) is 1. The molecule has 0 radical (unpaired) electrons. The first kappa shape index (κ1) is 15.3. The Kier molecular flexibility index (Phi) is 3.64. The second kappa shape index (κ2) is 5.70. The van der Waals surface area contributed by atoms with Crippen molar-refractivity contribution in [1.82, 2.24) is 24.6 Å². The van der Waals surface area contributed by atoms with Gasteiger partial charge >= 0.3 is 0 Å². The second-order valence-corrected chi connectivity index (χ2v) is 6.66. The Morgan fingerprint density at radius 2 is 2.17 bits per heavy atom. The smallest absolute Gasteiger partial charge is 0.151 e. The van der Waals surface area contributed by atoms with Crippen molar-refractivity contribution in [2.75, 3.05) is 6.54 Å². The summed E-state index contributed by atoms with van der Waals surface area (Å²) in [5.74, 6) is 0.549. The molecule has 0 unspecified atom stereocenters. The van der Waals surface area contributed by atoms with Gasteiger partial charge in [-0.05, 0) is 45.4 Å². The minimum Gasteiger partial charge on any atom is -0.341 e. The Labute approximate surface area is 140 Å². The zero-order chi connectivity index (χ0) is 16.8. The Morgan fingerprint density at radius 1 is 1.33 bits per heavy atom. The number of fused-ring (bicyclic) bond motifs is 1. The quantitative estimate of drug-likeness (QED) is 0.802. The van der Waals surface area contributed by atoms with E-state index >= 15 is 0 Å². The first-order valence-corrected chi connectivity index (χ1v) is 8.42. The highest BCUT2D eigenvalue weighted by Crippen LogP contribution is 2.36. The fourth-order valence-electron chi connectivity index (χ4n) is 3.93. The number of aromatic nitrogens is 4. The van der Waals surface area contributed by atoms with Gasteiger partial charge in [0.2, 0.25) is 0 Å². The van der Waals surface area contributed by atoms with Crippen LogP contribution in [0.1, 0.15) is 41.7 Å². The number of aryl methyl sites for hydroxylation is 2. The molecule has 0 bridgehead atoms. The fourth-order valence-corrected chi connectivity index (χ4v) is 3.93. The minimum atomic E-state index is -0.271. The second-order valence-electron chi connectivity index (χ2n) is 6.66. The molecule has 1 aliphatic rings. The summed E-state index contributed by atoms with van der Waals surface area (Å²) in [7, 11) is 1.99. The first-order valence-electron chi connectivity index (χ1n) is 8.42. The summed E-state index contributed by atoms with van der Waals surface area (Å²) in [5.41, 5.74) is 4.84. The molecule has 0 aliphatic carbocycles. The number of benzene rings is 1. The van der Waals surface area contributed by atoms with Crippen LogP contribution in [0.4, 0.5) is 4.39 Å². The highest BCUT2D eigenvalue weighted by molar-refractivity contribution is 5.75. The third-order valence-corrected chi connectivity index (χ3v) is 5.13. The monoisotopic (exact) mass is 327 g/mol. The number of H-pyrrole nitrogens is 1. The zero-order valence-electron chi connectivity index (χ0n) is 14.3. The molecule has 126 valence electrons. The van der Waals surface area contributed by atoms with E-state index in [1.165, 1.54) is 17.3 Å². The lowest BCUT2D eigenvalue weighted by atomic mass is 10.0. The Bertz CT molecular complexity index is 894. The van der Waals surface area contributed by atoms with Crippen molar-refractivity contribution in [1.29, 1.82) is 0 Å². The van der Waals surface area contributed by atoms with E-state index in [4.69, 9.17) is 0 Å². The summed E-state index contributed by atoms with van der Waals surface area (Å²) in [6.07, 6.45) is 2.29. The van der Waals surface area contributed by atoms with Crippen molar-refractivity contribution in [3.05, 3.63) is 46.8 Å².